The Morgan fingerprint density at radius 2 is 2.07 bits per heavy atom. The minimum absolute atomic E-state index is 0.291. The molecule has 0 aromatic carbocycles. The van der Waals surface area contributed by atoms with E-state index in [1.807, 2.05) is 19.1 Å². The molecule has 3 N–H and O–H groups in total. The molecule has 1 unspecified atom stereocenters. The molecule has 0 aliphatic heterocycles. The highest BCUT2D eigenvalue weighted by atomic mass is 32.1. The molecule has 1 aromatic rings. The van der Waals surface area contributed by atoms with Crippen molar-refractivity contribution in [3.8, 4) is 0 Å². The summed E-state index contributed by atoms with van der Waals surface area (Å²) in [4.78, 5) is 2.16. The molecule has 0 aliphatic rings. The Bertz CT molecular complexity index is 276. The molecule has 0 amide bonds. The van der Waals surface area contributed by atoms with Gasteiger partial charge in [0, 0.05) is 16.2 Å². The number of rotatable bonds is 5. The zero-order valence-corrected chi connectivity index (χ0v) is 8.78. The van der Waals surface area contributed by atoms with Crippen LogP contribution in [0.1, 0.15) is 16.7 Å². The first-order valence-corrected chi connectivity index (χ1v) is 5.31. The molecule has 14 heavy (non-hydrogen) atoms. The monoisotopic (exact) mass is 220 g/mol. The molecular formula is C9H14F2N2S. The third-order valence-corrected chi connectivity index (χ3v) is 3.26. The van der Waals surface area contributed by atoms with Gasteiger partial charge in [-0.1, -0.05) is 6.92 Å². The SMILES string of the molecule is CCc1ccc(CC(NN)C(F)F)s1. The Kier molecular flexibility index (Phi) is 4.44. The molecule has 2 nitrogen and oxygen atoms in total. The topological polar surface area (TPSA) is 38.0 Å². The van der Waals surface area contributed by atoms with Crippen LogP contribution in [0.15, 0.2) is 12.1 Å². The second kappa shape index (κ2) is 5.38. The van der Waals surface area contributed by atoms with Crippen LogP contribution in [0.4, 0.5) is 8.78 Å². The van der Waals surface area contributed by atoms with Gasteiger partial charge < -0.3 is 0 Å². The minimum atomic E-state index is -2.42. The van der Waals surface area contributed by atoms with E-state index >= 15 is 0 Å². The first kappa shape index (κ1) is 11.6. The zero-order valence-electron chi connectivity index (χ0n) is 7.97. The third-order valence-electron chi connectivity index (χ3n) is 2.01. The van der Waals surface area contributed by atoms with Crippen molar-refractivity contribution < 1.29 is 8.78 Å². The van der Waals surface area contributed by atoms with Gasteiger partial charge in [0.25, 0.3) is 6.43 Å². The van der Waals surface area contributed by atoms with Crippen LogP contribution in [0.3, 0.4) is 0 Å². The molecular weight excluding hydrogens is 206 g/mol. The summed E-state index contributed by atoms with van der Waals surface area (Å²) in [7, 11) is 0. The highest BCUT2D eigenvalue weighted by molar-refractivity contribution is 7.11. The Morgan fingerprint density at radius 1 is 1.43 bits per heavy atom. The highest BCUT2D eigenvalue weighted by Crippen LogP contribution is 2.19. The molecule has 5 heteroatoms. The van der Waals surface area contributed by atoms with Crippen LogP contribution < -0.4 is 11.3 Å². The number of hydrogen-bond donors (Lipinski definition) is 2. The van der Waals surface area contributed by atoms with Crippen molar-refractivity contribution in [1.29, 1.82) is 0 Å². The van der Waals surface area contributed by atoms with Crippen molar-refractivity contribution in [3.05, 3.63) is 21.9 Å². The van der Waals surface area contributed by atoms with Crippen LogP contribution in [-0.4, -0.2) is 12.5 Å². The Morgan fingerprint density at radius 3 is 2.50 bits per heavy atom. The molecule has 1 rings (SSSR count). The fourth-order valence-electron chi connectivity index (χ4n) is 1.16. The van der Waals surface area contributed by atoms with Gasteiger partial charge in [-0.05, 0) is 18.6 Å². The van der Waals surface area contributed by atoms with E-state index in [9.17, 15) is 8.78 Å². The number of alkyl halides is 2. The predicted molar refractivity (Wildman–Crippen MR) is 54.5 cm³/mol. The lowest BCUT2D eigenvalue weighted by Crippen LogP contribution is -2.41. The molecule has 1 atom stereocenters. The maximum absolute atomic E-state index is 12.3. The molecule has 0 aliphatic carbocycles. The molecule has 0 radical (unpaired) electrons. The number of aryl methyl sites for hydroxylation is 1. The predicted octanol–water partition coefficient (Wildman–Crippen LogP) is 1.95. The summed E-state index contributed by atoms with van der Waals surface area (Å²) in [5.74, 6) is 5.04. The number of halogens is 2. The van der Waals surface area contributed by atoms with E-state index in [0.717, 1.165) is 11.3 Å². The summed E-state index contributed by atoms with van der Waals surface area (Å²) >= 11 is 1.57. The lowest BCUT2D eigenvalue weighted by Gasteiger charge is -2.12. The quantitative estimate of drug-likeness (QED) is 0.588. The summed E-state index contributed by atoms with van der Waals surface area (Å²) in [5.41, 5.74) is 2.13. The van der Waals surface area contributed by atoms with Gasteiger partial charge in [0.05, 0.1) is 6.04 Å². The van der Waals surface area contributed by atoms with E-state index in [1.54, 1.807) is 11.3 Å². The summed E-state index contributed by atoms with van der Waals surface area (Å²) in [6.45, 7) is 2.04. The van der Waals surface area contributed by atoms with Crippen molar-refractivity contribution in [2.24, 2.45) is 5.84 Å². The van der Waals surface area contributed by atoms with Crippen LogP contribution in [-0.2, 0) is 12.8 Å². The number of hydrogen-bond acceptors (Lipinski definition) is 3. The Hall–Kier alpha value is -0.520. The molecule has 0 spiro atoms. The smallest absolute Gasteiger partial charge is 0.255 e. The molecule has 1 heterocycles. The second-order valence-corrected chi connectivity index (χ2v) is 4.29. The lowest BCUT2D eigenvalue weighted by molar-refractivity contribution is 0.0988. The van der Waals surface area contributed by atoms with Crippen LogP contribution in [0.25, 0.3) is 0 Å². The van der Waals surface area contributed by atoms with E-state index in [-0.39, 0.29) is 0 Å². The van der Waals surface area contributed by atoms with Crippen LogP contribution in [0, 0.1) is 0 Å². The Labute approximate surface area is 86.1 Å². The maximum atomic E-state index is 12.3. The summed E-state index contributed by atoms with van der Waals surface area (Å²) < 4.78 is 24.7. The van der Waals surface area contributed by atoms with Gasteiger partial charge in [-0.15, -0.1) is 11.3 Å². The molecule has 80 valence electrons. The van der Waals surface area contributed by atoms with Crippen molar-refractivity contribution in [3.63, 3.8) is 0 Å². The average molecular weight is 220 g/mol. The summed E-state index contributed by atoms with van der Waals surface area (Å²) in [6, 6.07) is 2.91. The lowest BCUT2D eigenvalue weighted by atomic mass is 10.2. The third kappa shape index (κ3) is 3.01. The van der Waals surface area contributed by atoms with Gasteiger partial charge in [-0.25, -0.2) is 8.78 Å². The minimum Gasteiger partial charge on any atom is -0.271 e. The number of thiophene rings is 1. The maximum Gasteiger partial charge on any atom is 0.255 e. The number of hydrazine groups is 1. The van der Waals surface area contributed by atoms with Crippen LogP contribution in [0.2, 0.25) is 0 Å². The van der Waals surface area contributed by atoms with E-state index in [4.69, 9.17) is 5.84 Å². The van der Waals surface area contributed by atoms with Gasteiger partial charge in [0.2, 0.25) is 0 Å². The summed E-state index contributed by atoms with van der Waals surface area (Å²) in [6.07, 6.45) is -1.19. The molecule has 0 saturated heterocycles. The van der Waals surface area contributed by atoms with Crippen LogP contribution >= 0.6 is 11.3 Å². The van der Waals surface area contributed by atoms with E-state index in [1.165, 1.54) is 4.88 Å². The molecule has 0 saturated carbocycles. The van der Waals surface area contributed by atoms with Crippen molar-refractivity contribution in [2.45, 2.75) is 32.2 Å². The van der Waals surface area contributed by atoms with E-state index in [0.29, 0.717) is 6.42 Å². The van der Waals surface area contributed by atoms with Gasteiger partial charge in [0.1, 0.15) is 0 Å². The highest BCUT2D eigenvalue weighted by Gasteiger charge is 2.19. The average Bonchev–Trinajstić information content (AvgIpc) is 2.61. The first-order valence-electron chi connectivity index (χ1n) is 4.49. The Balaban J connectivity index is 2.57. The molecule has 0 bridgehead atoms. The zero-order chi connectivity index (χ0) is 10.6. The van der Waals surface area contributed by atoms with Crippen molar-refractivity contribution in [1.82, 2.24) is 5.43 Å². The largest absolute Gasteiger partial charge is 0.271 e. The normalized spacial score (nSPS) is 13.5. The molecule has 1 aromatic heterocycles. The first-order chi connectivity index (χ1) is 6.67. The van der Waals surface area contributed by atoms with Crippen molar-refractivity contribution >= 4 is 11.3 Å². The fourth-order valence-corrected chi connectivity index (χ4v) is 2.18. The standard InChI is InChI=1S/C9H14F2N2S/c1-2-6-3-4-7(14-6)5-8(13-12)9(10)11/h3-4,8-9,13H,2,5,12H2,1H3. The van der Waals surface area contributed by atoms with Gasteiger partial charge in [-0.3, -0.25) is 11.3 Å². The summed E-state index contributed by atoms with van der Waals surface area (Å²) in [5, 5.41) is 0. The van der Waals surface area contributed by atoms with E-state index < -0.39 is 12.5 Å². The number of nitrogens with two attached hydrogens (primary N) is 1. The fraction of sp³-hybridized carbons (Fsp3) is 0.556. The van der Waals surface area contributed by atoms with Gasteiger partial charge in [-0.2, -0.15) is 0 Å². The van der Waals surface area contributed by atoms with Gasteiger partial charge >= 0.3 is 0 Å². The number of nitrogens with one attached hydrogen (secondary N) is 1. The van der Waals surface area contributed by atoms with Crippen molar-refractivity contribution in [2.75, 3.05) is 0 Å². The van der Waals surface area contributed by atoms with E-state index in [2.05, 4.69) is 5.43 Å². The second-order valence-electron chi connectivity index (χ2n) is 3.03. The molecule has 0 fully saturated rings. The van der Waals surface area contributed by atoms with Crippen LogP contribution in [0.5, 0.6) is 0 Å². The van der Waals surface area contributed by atoms with Gasteiger partial charge in [0.15, 0.2) is 0 Å².